The molecule has 4 nitrogen and oxygen atoms in total. The summed E-state index contributed by atoms with van der Waals surface area (Å²) < 4.78 is 18.9. The van der Waals surface area contributed by atoms with Gasteiger partial charge in [0.1, 0.15) is 11.6 Å². The van der Waals surface area contributed by atoms with Gasteiger partial charge in [-0.3, -0.25) is 4.99 Å². The molecular formula is C19H25FIN3O. The maximum absolute atomic E-state index is 13.6. The minimum Gasteiger partial charge on any atom is -0.496 e. The van der Waals surface area contributed by atoms with Crippen molar-refractivity contribution in [1.29, 1.82) is 0 Å². The second-order valence-corrected chi connectivity index (χ2v) is 5.33. The van der Waals surface area contributed by atoms with E-state index in [1.807, 2.05) is 24.3 Å². The van der Waals surface area contributed by atoms with Gasteiger partial charge < -0.3 is 15.4 Å². The molecule has 0 aromatic heterocycles. The molecule has 0 amide bonds. The molecule has 25 heavy (non-hydrogen) atoms. The number of nitrogens with zero attached hydrogens (tertiary/aromatic N) is 1. The van der Waals surface area contributed by atoms with Crippen LogP contribution in [0, 0.1) is 5.82 Å². The zero-order valence-electron chi connectivity index (χ0n) is 14.6. The smallest absolute Gasteiger partial charge is 0.190 e. The van der Waals surface area contributed by atoms with E-state index in [9.17, 15) is 4.39 Å². The second-order valence-electron chi connectivity index (χ2n) is 5.33. The van der Waals surface area contributed by atoms with Crippen LogP contribution in [-0.4, -0.2) is 33.2 Å². The van der Waals surface area contributed by atoms with E-state index in [0.29, 0.717) is 24.5 Å². The molecule has 0 aliphatic rings. The molecule has 0 unspecified atom stereocenters. The molecule has 2 aromatic carbocycles. The van der Waals surface area contributed by atoms with Gasteiger partial charge in [-0.25, -0.2) is 4.39 Å². The summed E-state index contributed by atoms with van der Waals surface area (Å²) in [6.45, 7) is 1.36. The zero-order chi connectivity index (χ0) is 17.2. The predicted molar refractivity (Wildman–Crippen MR) is 112 cm³/mol. The van der Waals surface area contributed by atoms with E-state index in [0.717, 1.165) is 24.3 Å². The lowest BCUT2D eigenvalue weighted by atomic mass is 10.1. The van der Waals surface area contributed by atoms with Gasteiger partial charge in [0.05, 0.1) is 7.11 Å². The Labute approximate surface area is 165 Å². The molecule has 0 fully saturated rings. The Hall–Kier alpha value is -1.83. The second kappa shape index (κ2) is 11.7. The molecule has 2 N–H and O–H groups in total. The van der Waals surface area contributed by atoms with Crippen LogP contribution >= 0.6 is 24.0 Å². The summed E-state index contributed by atoms with van der Waals surface area (Å²) in [6, 6.07) is 14.8. The fourth-order valence-corrected chi connectivity index (χ4v) is 2.46. The van der Waals surface area contributed by atoms with Gasteiger partial charge in [0.25, 0.3) is 0 Å². The Morgan fingerprint density at radius 3 is 2.12 bits per heavy atom. The van der Waals surface area contributed by atoms with Crippen molar-refractivity contribution in [3.05, 3.63) is 65.5 Å². The van der Waals surface area contributed by atoms with Crippen molar-refractivity contribution >= 4 is 29.9 Å². The maximum atomic E-state index is 13.6. The lowest BCUT2D eigenvalue weighted by Crippen LogP contribution is -2.39. The number of para-hydroxylation sites is 1. The average molecular weight is 457 g/mol. The van der Waals surface area contributed by atoms with Crippen molar-refractivity contribution in [2.45, 2.75) is 12.8 Å². The largest absolute Gasteiger partial charge is 0.496 e. The van der Waals surface area contributed by atoms with Crippen LogP contribution in [0.5, 0.6) is 5.75 Å². The number of methoxy groups -OCH3 is 1. The minimum absolute atomic E-state index is 0. The number of rotatable bonds is 7. The average Bonchev–Trinajstić information content (AvgIpc) is 2.62. The van der Waals surface area contributed by atoms with Crippen LogP contribution in [0.1, 0.15) is 11.1 Å². The van der Waals surface area contributed by atoms with Gasteiger partial charge in [0.2, 0.25) is 0 Å². The Morgan fingerprint density at radius 1 is 0.960 bits per heavy atom. The number of benzene rings is 2. The summed E-state index contributed by atoms with van der Waals surface area (Å²) in [5, 5.41) is 6.46. The number of guanidine groups is 1. The van der Waals surface area contributed by atoms with E-state index in [4.69, 9.17) is 4.74 Å². The fraction of sp³-hybridized carbons (Fsp3) is 0.316. The van der Waals surface area contributed by atoms with E-state index in [1.54, 1.807) is 26.3 Å². The van der Waals surface area contributed by atoms with Crippen molar-refractivity contribution in [3.8, 4) is 5.75 Å². The standard InChI is InChI=1S/C19H24FN3O.HI/c1-21-19(22-13-11-15-7-3-5-9-17(15)20)23-14-12-16-8-4-6-10-18(16)24-2;/h3-10H,11-14H2,1-2H3,(H2,21,22,23);1H. The van der Waals surface area contributed by atoms with Gasteiger partial charge in [-0.05, 0) is 36.1 Å². The van der Waals surface area contributed by atoms with E-state index < -0.39 is 0 Å². The van der Waals surface area contributed by atoms with Crippen molar-refractivity contribution in [3.63, 3.8) is 0 Å². The first-order valence-corrected chi connectivity index (χ1v) is 8.04. The molecule has 0 aliphatic heterocycles. The summed E-state index contributed by atoms with van der Waals surface area (Å²) in [7, 11) is 3.40. The van der Waals surface area contributed by atoms with Gasteiger partial charge in [-0.15, -0.1) is 24.0 Å². The van der Waals surface area contributed by atoms with Gasteiger partial charge in [-0.1, -0.05) is 36.4 Å². The third kappa shape index (κ3) is 6.89. The fourth-order valence-electron chi connectivity index (χ4n) is 2.46. The predicted octanol–water partition coefficient (Wildman–Crippen LogP) is 3.40. The summed E-state index contributed by atoms with van der Waals surface area (Å²) in [6.07, 6.45) is 1.44. The monoisotopic (exact) mass is 457 g/mol. The van der Waals surface area contributed by atoms with Gasteiger partial charge in [0, 0.05) is 20.1 Å². The quantitative estimate of drug-likeness (QED) is 0.381. The SMILES string of the molecule is CN=C(NCCc1ccccc1F)NCCc1ccccc1OC.I. The van der Waals surface area contributed by atoms with Crippen molar-refractivity contribution < 1.29 is 9.13 Å². The Kier molecular flexibility index (Phi) is 9.91. The summed E-state index contributed by atoms with van der Waals surface area (Å²) in [5.41, 5.74) is 1.85. The van der Waals surface area contributed by atoms with Crippen LogP contribution in [-0.2, 0) is 12.8 Å². The highest BCUT2D eigenvalue weighted by molar-refractivity contribution is 14.0. The third-order valence-electron chi connectivity index (χ3n) is 3.75. The van der Waals surface area contributed by atoms with Crippen LogP contribution in [0.4, 0.5) is 4.39 Å². The number of aliphatic imine (C=N–C) groups is 1. The molecule has 0 spiro atoms. The molecule has 0 aliphatic carbocycles. The molecular weight excluding hydrogens is 432 g/mol. The maximum Gasteiger partial charge on any atom is 0.190 e. The lowest BCUT2D eigenvalue weighted by molar-refractivity contribution is 0.409. The molecule has 6 heteroatoms. The summed E-state index contributed by atoms with van der Waals surface area (Å²) in [4.78, 5) is 4.18. The van der Waals surface area contributed by atoms with Crippen molar-refractivity contribution in [2.24, 2.45) is 4.99 Å². The van der Waals surface area contributed by atoms with Gasteiger partial charge in [-0.2, -0.15) is 0 Å². The zero-order valence-corrected chi connectivity index (χ0v) is 16.9. The molecule has 0 heterocycles. The molecule has 0 bridgehead atoms. The van der Waals surface area contributed by atoms with E-state index >= 15 is 0 Å². The summed E-state index contributed by atoms with van der Waals surface area (Å²) in [5.74, 6) is 1.43. The third-order valence-corrected chi connectivity index (χ3v) is 3.75. The first-order chi connectivity index (χ1) is 11.7. The number of nitrogens with one attached hydrogen (secondary N) is 2. The van der Waals surface area contributed by atoms with Crippen LogP contribution in [0.15, 0.2) is 53.5 Å². The molecule has 0 saturated heterocycles. The van der Waals surface area contributed by atoms with Crippen LogP contribution in [0.3, 0.4) is 0 Å². The Bertz CT molecular complexity index is 679. The molecule has 0 radical (unpaired) electrons. The number of hydrogen-bond donors (Lipinski definition) is 2. The first-order valence-electron chi connectivity index (χ1n) is 8.04. The highest BCUT2D eigenvalue weighted by Gasteiger charge is 2.04. The van der Waals surface area contributed by atoms with Gasteiger partial charge in [0.15, 0.2) is 5.96 Å². The van der Waals surface area contributed by atoms with Crippen LogP contribution < -0.4 is 15.4 Å². The van der Waals surface area contributed by atoms with E-state index in [2.05, 4.69) is 21.7 Å². The number of hydrogen-bond acceptors (Lipinski definition) is 2. The van der Waals surface area contributed by atoms with Crippen molar-refractivity contribution in [1.82, 2.24) is 10.6 Å². The lowest BCUT2D eigenvalue weighted by Gasteiger charge is -2.13. The first kappa shape index (κ1) is 21.2. The number of ether oxygens (including phenoxy) is 1. The molecule has 0 saturated carbocycles. The van der Waals surface area contributed by atoms with E-state index in [1.165, 1.54) is 6.07 Å². The molecule has 0 atom stereocenters. The Balaban J connectivity index is 0.00000312. The molecule has 2 rings (SSSR count). The molecule has 2 aromatic rings. The highest BCUT2D eigenvalue weighted by atomic mass is 127. The van der Waals surface area contributed by atoms with Crippen LogP contribution in [0.2, 0.25) is 0 Å². The molecule has 136 valence electrons. The summed E-state index contributed by atoms with van der Waals surface area (Å²) >= 11 is 0. The van der Waals surface area contributed by atoms with Crippen LogP contribution in [0.25, 0.3) is 0 Å². The van der Waals surface area contributed by atoms with Crippen molar-refractivity contribution in [2.75, 3.05) is 27.2 Å². The minimum atomic E-state index is -0.168. The van der Waals surface area contributed by atoms with Gasteiger partial charge >= 0.3 is 0 Å². The highest BCUT2D eigenvalue weighted by Crippen LogP contribution is 2.17. The normalized spacial score (nSPS) is 10.8. The van der Waals surface area contributed by atoms with E-state index in [-0.39, 0.29) is 29.8 Å². The Morgan fingerprint density at radius 2 is 1.52 bits per heavy atom. The number of halogens is 2. The topological polar surface area (TPSA) is 45.7 Å².